The Morgan fingerprint density at radius 3 is 2.52 bits per heavy atom. The molecule has 6 nitrogen and oxygen atoms in total. The molecule has 2 aliphatic rings. The van der Waals surface area contributed by atoms with Crippen LogP contribution in [-0.4, -0.2) is 47.3 Å². The molecule has 2 aromatic rings. The second kappa shape index (κ2) is 7.31. The fraction of sp³-hybridized carbons (Fsp3) is 0.318. The maximum absolute atomic E-state index is 13.2. The van der Waals surface area contributed by atoms with Crippen LogP contribution >= 0.6 is 0 Å². The van der Waals surface area contributed by atoms with Crippen molar-refractivity contribution in [2.45, 2.75) is 24.8 Å². The van der Waals surface area contributed by atoms with Gasteiger partial charge in [-0.25, -0.2) is 9.18 Å². The molecule has 2 saturated heterocycles. The lowest BCUT2D eigenvalue weighted by Gasteiger charge is -2.23. The molecule has 4 rings (SSSR count). The van der Waals surface area contributed by atoms with Gasteiger partial charge in [0.2, 0.25) is 5.91 Å². The minimum Gasteiger partial charge on any atom is -0.341 e. The predicted molar refractivity (Wildman–Crippen MR) is 104 cm³/mol. The van der Waals surface area contributed by atoms with Crippen LogP contribution in [0.5, 0.6) is 0 Å². The zero-order valence-corrected chi connectivity index (χ0v) is 16.1. The van der Waals surface area contributed by atoms with Crippen LogP contribution in [0.3, 0.4) is 0 Å². The number of halogens is 1. The largest absolute Gasteiger partial charge is 0.341 e. The van der Waals surface area contributed by atoms with Crippen LogP contribution in [0.25, 0.3) is 0 Å². The maximum Gasteiger partial charge on any atom is 0.325 e. The number of nitrogens with zero attached hydrogens (tertiary/aromatic N) is 2. The van der Waals surface area contributed by atoms with Crippen molar-refractivity contribution in [1.29, 1.82) is 0 Å². The molecule has 0 saturated carbocycles. The second-order valence-electron chi connectivity index (χ2n) is 7.69. The van der Waals surface area contributed by atoms with Gasteiger partial charge in [0, 0.05) is 19.0 Å². The summed E-state index contributed by atoms with van der Waals surface area (Å²) in [5.74, 6) is -0.938. The first-order valence-corrected chi connectivity index (χ1v) is 9.61. The van der Waals surface area contributed by atoms with Crippen molar-refractivity contribution in [2.24, 2.45) is 0 Å². The molecule has 2 aliphatic heterocycles. The van der Waals surface area contributed by atoms with Crippen LogP contribution in [0.4, 0.5) is 9.18 Å². The number of amides is 4. The Hall–Kier alpha value is -3.22. The Morgan fingerprint density at radius 2 is 1.83 bits per heavy atom. The maximum atomic E-state index is 13.2. The van der Waals surface area contributed by atoms with E-state index in [2.05, 4.69) is 5.32 Å². The van der Waals surface area contributed by atoms with E-state index in [4.69, 9.17) is 0 Å². The molecule has 0 aliphatic carbocycles. The van der Waals surface area contributed by atoms with E-state index in [-0.39, 0.29) is 18.4 Å². The first-order valence-electron chi connectivity index (χ1n) is 9.61. The van der Waals surface area contributed by atoms with Crippen molar-refractivity contribution in [3.63, 3.8) is 0 Å². The van der Waals surface area contributed by atoms with E-state index in [9.17, 15) is 18.8 Å². The summed E-state index contributed by atoms with van der Waals surface area (Å²) in [5, 5.41) is 2.64. The third-order valence-corrected chi connectivity index (χ3v) is 5.80. The smallest absolute Gasteiger partial charge is 0.325 e. The lowest BCUT2D eigenvalue weighted by atomic mass is 9.92. The molecular weight excluding hydrogens is 373 g/mol. The van der Waals surface area contributed by atoms with E-state index in [0.29, 0.717) is 18.7 Å². The highest BCUT2D eigenvalue weighted by atomic mass is 19.1. The quantitative estimate of drug-likeness (QED) is 0.809. The molecule has 1 N–H and O–H groups in total. The molecule has 0 spiro atoms. The normalized spacial score (nSPS) is 24.1. The van der Waals surface area contributed by atoms with Crippen molar-refractivity contribution in [3.8, 4) is 0 Å². The first-order chi connectivity index (χ1) is 13.9. The number of nitrogens with one attached hydrogen (secondary N) is 1. The summed E-state index contributed by atoms with van der Waals surface area (Å²) in [6.07, 6.45) is 0.850. The summed E-state index contributed by atoms with van der Waals surface area (Å²) >= 11 is 0. The van der Waals surface area contributed by atoms with Crippen molar-refractivity contribution >= 4 is 17.8 Å². The number of benzene rings is 2. The van der Waals surface area contributed by atoms with E-state index in [1.54, 1.807) is 11.8 Å². The molecule has 0 radical (unpaired) electrons. The topological polar surface area (TPSA) is 69.7 Å². The lowest BCUT2D eigenvalue weighted by Crippen LogP contribution is -2.44. The molecule has 2 aromatic carbocycles. The zero-order valence-electron chi connectivity index (χ0n) is 16.1. The van der Waals surface area contributed by atoms with Crippen LogP contribution in [-0.2, 0) is 15.1 Å². The fourth-order valence-electron chi connectivity index (χ4n) is 4.04. The van der Waals surface area contributed by atoms with Gasteiger partial charge >= 0.3 is 6.03 Å². The number of imide groups is 1. The number of carbonyl (C=O) groups is 3. The van der Waals surface area contributed by atoms with Crippen molar-refractivity contribution in [2.75, 3.05) is 19.6 Å². The highest BCUT2D eigenvalue weighted by Gasteiger charge is 2.49. The van der Waals surface area contributed by atoms with Gasteiger partial charge in [-0.15, -0.1) is 0 Å². The number of likely N-dealkylation sites (tertiary alicyclic amines) is 1. The van der Waals surface area contributed by atoms with Gasteiger partial charge in [0.15, 0.2) is 0 Å². The molecule has 150 valence electrons. The molecule has 2 fully saturated rings. The van der Waals surface area contributed by atoms with Gasteiger partial charge in [-0.2, -0.15) is 0 Å². The Balaban J connectivity index is 1.44. The zero-order chi connectivity index (χ0) is 20.6. The minimum atomic E-state index is -1.32. The van der Waals surface area contributed by atoms with Crippen LogP contribution in [0.15, 0.2) is 54.6 Å². The van der Waals surface area contributed by atoms with E-state index in [1.165, 1.54) is 29.8 Å². The molecule has 0 aromatic heterocycles. The highest BCUT2D eigenvalue weighted by Crippen LogP contribution is 2.30. The predicted octanol–water partition coefficient (Wildman–Crippen LogP) is 2.61. The summed E-state index contributed by atoms with van der Waals surface area (Å²) in [6, 6.07) is 14.8. The van der Waals surface area contributed by atoms with Crippen LogP contribution in [0.1, 0.15) is 30.4 Å². The molecule has 0 unspecified atom stereocenters. The molecule has 4 amide bonds. The van der Waals surface area contributed by atoms with Gasteiger partial charge in [-0.3, -0.25) is 14.5 Å². The average molecular weight is 395 g/mol. The van der Waals surface area contributed by atoms with Gasteiger partial charge in [-0.1, -0.05) is 42.5 Å². The number of hydrogen-bond acceptors (Lipinski definition) is 3. The van der Waals surface area contributed by atoms with E-state index >= 15 is 0 Å². The molecule has 0 bridgehead atoms. The third kappa shape index (κ3) is 3.48. The van der Waals surface area contributed by atoms with Crippen molar-refractivity contribution in [1.82, 2.24) is 15.1 Å². The summed E-state index contributed by atoms with van der Waals surface area (Å²) in [6.45, 7) is 2.42. The van der Waals surface area contributed by atoms with Crippen LogP contribution < -0.4 is 5.32 Å². The summed E-state index contributed by atoms with van der Waals surface area (Å²) in [4.78, 5) is 40.8. The van der Waals surface area contributed by atoms with E-state index in [0.717, 1.165) is 11.3 Å². The number of urea groups is 1. The Morgan fingerprint density at radius 1 is 1.14 bits per heavy atom. The first kappa shape index (κ1) is 19.1. The van der Waals surface area contributed by atoms with Crippen LogP contribution in [0, 0.1) is 5.82 Å². The second-order valence-corrected chi connectivity index (χ2v) is 7.69. The van der Waals surface area contributed by atoms with E-state index < -0.39 is 23.3 Å². The highest BCUT2D eigenvalue weighted by molar-refractivity contribution is 6.09. The van der Waals surface area contributed by atoms with Gasteiger partial charge in [-0.05, 0) is 36.6 Å². The van der Waals surface area contributed by atoms with Gasteiger partial charge < -0.3 is 10.2 Å². The number of rotatable bonds is 4. The Labute approximate surface area is 168 Å². The minimum absolute atomic E-state index is 0.254. The molecular formula is C22H22FN3O3. The van der Waals surface area contributed by atoms with E-state index in [1.807, 2.05) is 30.3 Å². The summed E-state index contributed by atoms with van der Waals surface area (Å²) in [7, 11) is 0. The van der Waals surface area contributed by atoms with Gasteiger partial charge in [0.05, 0.1) is 0 Å². The number of carbonyl (C=O) groups excluding carboxylic acids is 3. The molecule has 29 heavy (non-hydrogen) atoms. The monoisotopic (exact) mass is 395 g/mol. The standard InChI is InChI=1S/C22H22FN3O3/c1-22(17-7-9-18(23)10-8-17)20(28)26(21(29)24-22)14-19(27)25-12-11-16(13-25)15-5-3-2-4-6-15/h2-10,16H,11-14H2,1H3,(H,24,29)/t16-,22+/m0/s1. The van der Waals surface area contributed by atoms with Crippen LogP contribution in [0.2, 0.25) is 0 Å². The molecule has 2 atom stereocenters. The Kier molecular flexibility index (Phi) is 4.82. The third-order valence-electron chi connectivity index (χ3n) is 5.80. The SMILES string of the molecule is C[C@]1(c2ccc(F)cc2)NC(=O)N(CC(=O)N2CC[C@H](c3ccccc3)C2)C1=O. The van der Waals surface area contributed by atoms with Crippen molar-refractivity contribution in [3.05, 3.63) is 71.5 Å². The Bertz CT molecular complexity index is 948. The van der Waals surface area contributed by atoms with Gasteiger partial charge in [0.25, 0.3) is 5.91 Å². The summed E-state index contributed by atoms with van der Waals surface area (Å²) < 4.78 is 13.2. The van der Waals surface area contributed by atoms with Gasteiger partial charge in [0.1, 0.15) is 17.9 Å². The fourth-order valence-corrected chi connectivity index (χ4v) is 4.04. The summed E-state index contributed by atoms with van der Waals surface area (Å²) in [5.41, 5.74) is 0.335. The number of hydrogen-bond donors (Lipinski definition) is 1. The lowest BCUT2D eigenvalue weighted by molar-refractivity contribution is -0.138. The molecule has 2 heterocycles. The molecule has 7 heteroatoms. The average Bonchev–Trinajstić information content (AvgIpc) is 3.29. The van der Waals surface area contributed by atoms with Crippen molar-refractivity contribution < 1.29 is 18.8 Å².